The molecule has 1 aliphatic rings. The SMILES string of the molecule is O=C(CN1CCC(C(O)c2ccc(Cl)cc2)CC1)NCc1cccnc1. The fourth-order valence-electron chi connectivity index (χ4n) is 3.32. The Labute approximate surface area is 159 Å². The summed E-state index contributed by atoms with van der Waals surface area (Å²) < 4.78 is 0. The van der Waals surface area contributed by atoms with Crippen LogP contribution in [0.3, 0.4) is 0 Å². The van der Waals surface area contributed by atoms with Gasteiger partial charge in [-0.3, -0.25) is 14.7 Å². The Bertz CT molecular complexity index is 701. The van der Waals surface area contributed by atoms with Crippen molar-refractivity contribution in [2.24, 2.45) is 5.92 Å². The first-order chi connectivity index (χ1) is 12.6. The van der Waals surface area contributed by atoms with Gasteiger partial charge in [-0.25, -0.2) is 0 Å². The number of aromatic nitrogens is 1. The molecule has 0 radical (unpaired) electrons. The van der Waals surface area contributed by atoms with Crippen molar-refractivity contribution in [3.63, 3.8) is 0 Å². The van der Waals surface area contributed by atoms with Crippen LogP contribution < -0.4 is 5.32 Å². The number of pyridine rings is 1. The smallest absolute Gasteiger partial charge is 0.234 e. The molecule has 26 heavy (non-hydrogen) atoms. The third-order valence-electron chi connectivity index (χ3n) is 4.87. The summed E-state index contributed by atoms with van der Waals surface area (Å²) in [4.78, 5) is 18.3. The summed E-state index contributed by atoms with van der Waals surface area (Å²) in [5, 5.41) is 14.2. The molecule has 1 unspecified atom stereocenters. The van der Waals surface area contributed by atoms with Crippen LogP contribution in [0.15, 0.2) is 48.8 Å². The number of benzene rings is 1. The summed E-state index contributed by atoms with van der Waals surface area (Å²) in [6, 6.07) is 11.2. The third kappa shape index (κ3) is 5.27. The van der Waals surface area contributed by atoms with Gasteiger partial charge in [-0.15, -0.1) is 0 Å². The number of halogens is 1. The molecule has 0 saturated carbocycles. The van der Waals surface area contributed by atoms with E-state index in [-0.39, 0.29) is 11.8 Å². The maximum Gasteiger partial charge on any atom is 0.234 e. The van der Waals surface area contributed by atoms with Crippen LogP contribution in [0.25, 0.3) is 0 Å². The average Bonchev–Trinajstić information content (AvgIpc) is 2.68. The molecule has 1 aromatic carbocycles. The normalized spacial score (nSPS) is 17.0. The Morgan fingerprint density at radius 2 is 2.00 bits per heavy atom. The Balaban J connectivity index is 1.41. The second-order valence-electron chi connectivity index (χ2n) is 6.75. The van der Waals surface area contributed by atoms with Crippen LogP contribution >= 0.6 is 11.6 Å². The highest BCUT2D eigenvalue weighted by atomic mass is 35.5. The fraction of sp³-hybridized carbons (Fsp3) is 0.400. The van der Waals surface area contributed by atoms with E-state index in [1.165, 1.54) is 0 Å². The van der Waals surface area contributed by atoms with Crippen molar-refractivity contribution in [2.45, 2.75) is 25.5 Å². The monoisotopic (exact) mass is 373 g/mol. The van der Waals surface area contributed by atoms with Crippen LogP contribution in [-0.4, -0.2) is 40.5 Å². The van der Waals surface area contributed by atoms with Gasteiger partial charge in [0.1, 0.15) is 0 Å². The van der Waals surface area contributed by atoms with Crippen molar-refractivity contribution >= 4 is 17.5 Å². The second kappa shape index (κ2) is 9.12. The van der Waals surface area contributed by atoms with Gasteiger partial charge in [0.15, 0.2) is 0 Å². The van der Waals surface area contributed by atoms with Gasteiger partial charge in [-0.1, -0.05) is 29.8 Å². The first-order valence-electron chi connectivity index (χ1n) is 8.93. The topological polar surface area (TPSA) is 65.5 Å². The number of likely N-dealkylation sites (tertiary alicyclic amines) is 1. The lowest BCUT2D eigenvalue weighted by molar-refractivity contribution is -0.122. The number of aliphatic hydroxyl groups excluding tert-OH is 1. The molecule has 2 aromatic rings. The van der Waals surface area contributed by atoms with Gasteiger partial charge >= 0.3 is 0 Å². The number of hydrogen-bond donors (Lipinski definition) is 2. The molecule has 1 aliphatic heterocycles. The van der Waals surface area contributed by atoms with Gasteiger partial charge in [-0.05, 0) is 61.2 Å². The van der Waals surface area contributed by atoms with Crippen LogP contribution in [0.4, 0.5) is 0 Å². The molecule has 1 fully saturated rings. The minimum absolute atomic E-state index is 0.0190. The molecule has 0 spiro atoms. The van der Waals surface area contributed by atoms with Gasteiger partial charge in [0, 0.05) is 24.0 Å². The molecule has 5 nitrogen and oxygen atoms in total. The minimum atomic E-state index is -0.478. The van der Waals surface area contributed by atoms with Crippen LogP contribution in [0.2, 0.25) is 5.02 Å². The number of amides is 1. The average molecular weight is 374 g/mol. The van der Waals surface area contributed by atoms with E-state index in [1.807, 2.05) is 36.4 Å². The highest BCUT2D eigenvalue weighted by Crippen LogP contribution is 2.31. The van der Waals surface area contributed by atoms with Crippen molar-refractivity contribution in [1.29, 1.82) is 0 Å². The lowest BCUT2D eigenvalue weighted by Gasteiger charge is -2.34. The van der Waals surface area contributed by atoms with E-state index in [1.54, 1.807) is 12.4 Å². The first kappa shape index (κ1) is 18.8. The largest absolute Gasteiger partial charge is 0.388 e. The van der Waals surface area contributed by atoms with Crippen LogP contribution in [0.5, 0.6) is 0 Å². The van der Waals surface area contributed by atoms with Crippen LogP contribution in [0, 0.1) is 5.92 Å². The van der Waals surface area contributed by atoms with E-state index >= 15 is 0 Å². The number of aliphatic hydroxyl groups is 1. The first-order valence-corrected chi connectivity index (χ1v) is 9.31. The molecule has 1 saturated heterocycles. The second-order valence-corrected chi connectivity index (χ2v) is 7.18. The number of piperidine rings is 1. The fourth-order valence-corrected chi connectivity index (χ4v) is 3.45. The number of carbonyl (C=O) groups is 1. The van der Waals surface area contributed by atoms with Gasteiger partial charge < -0.3 is 10.4 Å². The zero-order valence-corrected chi connectivity index (χ0v) is 15.4. The Morgan fingerprint density at radius 3 is 2.65 bits per heavy atom. The van der Waals surface area contributed by atoms with E-state index in [0.717, 1.165) is 37.1 Å². The summed E-state index contributed by atoms with van der Waals surface area (Å²) in [7, 11) is 0. The maximum atomic E-state index is 12.1. The van der Waals surface area contributed by atoms with Gasteiger partial charge in [-0.2, -0.15) is 0 Å². The lowest BCUT2D eigenvalue weighted by Crippen LogP contribution is -2.42. The number of nitrogens with zero attached hydrogens (tertiary/aromatic N) is 2. The van der Waals surface area contributed by atoms with Crippen molar-refractivity contribution in [3.8, 4) is 0 Å². The number of hydrogen-bond acceptors (Lipinski definition) is 4. The van der Waals surface area contributed by atoms with E-state index in [2.05, 4.69) is 15.2 Å². The molecular formula is C20H24ClN3O2. The summed E-state index contributed by atoms with van der Waals surface area (Å²) in [5.74, 6) is 0.233. The van der Waals surface area contributed by atoms with E-state index < -0.39 is 6.10 Å². The van der Waals surface area contributed by atoms with Crippen LogP contribution in [-0.2, 0) is 11.3 Å². The summed E-state index contributed by atoms with van der Waals surface area (Å²) in [5.41, 5.74) is 1.90. The standard InChI is InChI=1S/C20H24ClN3O2/c21-18-5-3-16(4-6-18)20(26)17-7-10-24(11-8-17)14-19(25)23-13-15-2-1-9-22-12-15/h1-6,9,12,17,20,26H,7-8,10-11,13-14H2,(H,23,25). The molecule has 0 bridgehead atoms. The van der Waals surface area contributed by atoms with Crippen molar-refractivity contribution in [2.75, 3.05) is 19.6 Å². The van der Waals surface area contributed by atoms with Crippen LogP contribution in [0.1, 0.15) is 30.1 Å². The summed E-state index contributed by atoms with van der Waals surface area (Å²) in [6.45, 7) is 2.52. The van der Waals surface area contributed by atoms with Crippen molar-refractivity contribution in [3.05, 3.63) is 64.9 Å². The quantitative estimate of drug-likeness (QED) is 0.817. The zero-order chi connectivity index (χ0) is 18.4. The molecule has 138 valence electrons. The molecule has 0 aliphatic carbocycles. The molecule has 3 rings (SSSR count). The van der Waals surface area contributed by atoms with E-state index in [0.29, 0.717) is 18.1 Å². The van der Waals surface area contributed by atoms with E-state index in [9.17, 15) is 9.90 Å². The van der Waals surface area contributed by atoms with E-state index in [4.69, 9.17) is 11.6 Å². The summed E-state index contributed by atoms with van der Waals surface area (Å²) >= 11 is 5.90. The highest BCUT2D eigenvalue weighted by molar-refractivity contribution is 6.30. The van der Waals surface area contributed by atoms with Crippen molar-refractivity contribution in [1.82, 2.24) is 15.2 Å². The van der Waals surface area contributed by atoms with Gasteiger partial charge in [0.2, 0.25) is 5.91 Å². The summed E-state index contributed by atoms with van der Waals surface area (Å²) in [6.07, 6.45) is 4.74. The Hall–Kier alpha value is -1.95. The zero-order valence-electron chi connectivity index (χ0n) is 14.6. The lowest BCUT2D eigenvalue weighted by atomic mass is 9.87. The molecular weight excluding hydrogens is 350 g/mol. The molecule has 2 heterocycles. The number of carbonyl (C=O) groups excluding carboxylic acids is 1. The molecule has 6 heteroatoms. The molecule has 1 aromatic heterocycles. The Kier molecular flexibility index (Phi) is 6.61. The third-order valence-corrected chi connectivity index (χ3v) is 5.12. The molecule has 1 atom stereocenters. The van der Waals surface area contributed by atoms with Gasteiger partial charge in [0.05, 0.1) is 12.6 Å². The van der Waals surface area contributed by atoms with Crippen molar-refractivity contribution < 1.29 is 9.90 Å². The predicted octanol–water partition coefficient (Wildman–Crippen LogP) is 2.80. The minimum Gasteiger partial charge on any atom is -0.388 e. The number of rotatable bonds is 6. The Morgan fingerprint density at radius 1 is 1.27 bits per heavy atom. The highest BCUT2D eigenvalue weighted by Gasteiger charge is 2.26. The van der Waals surface area contributed by atoms with Gasteiger partial charge in [0.25, 0.3) is 0 Å². The number of nitrogens with one attached hydrogen (secondary N) is 1. The maximum absolute atomic E-state index is 12.1. The molecule has 2 N–H and O–H groups in total. The predicted molar refractivity (Wildman–Crippen MR) is 102 cm³/mol. The molecule has 1 amide bonds.